The van der Waals surface area contributed by atoms with E-state index in [1.165, 1.54) is 6.07 Å². The van der Waals surface area contributed by atoms with Gasteiger partial charge in [-0.2, -0.15) is 0 Å². The molecule has 1 N–H and O–H groups in total. The molecule has 0 heterocycles. The summed E-state index contributed by atoms with van der Waals surface area (Å²) in [6.07, 6.45) is 2.04. The van der Waals surface area contributed by atoms with E-state index < -0.39 is 0 Å². The zero-order valence-electron chi connectivity index (χ0n) is 10.3. The maximum absolute atomic E-state index is 12.3. The Bertz CT molecular complexity index is 410. The Morgan fingerprint density at radius 1 is 1.39 bits per heavy atom. The minimum absolute atomic E-state index is 0.0364. The van der Waals surface area contributed by atoms with Crippen molar-refractivity contribution in [3.63, 3.8) is 0 Å². The summed E-state index contributed by atoms with van der Waals surface area (Å²) < 4.78 is 0.597. The van der Waals surface area contributed by atoms with Gasteiger partial charge in [-0.1, -0.05) is 29.3 Å². The van der Waals surface area contributed by atoms with Gasteiger partial charge in [0.25, 0.3) is 5.91 Å². The Labute approximate surface area is 124 Å². The van der Waals surface area contributed by atoms with E-state index >= 15 is 0 Å². The predicted molar refractivity (Wildman–Crippen MR) is 80.4 cm³/mol. The summed E-state index contributed by atoms with van der Waals surface area (Å²) in [6.45, 7) is 3.52. The third-order valence-electron chi connectivity index (χ3n) is 2.62. The van der Waals surface area contributed by atoms with E-state index in [2.05, 4.69) is 38.8 Å². The number of phenols is 1. The zero-order chi connectivity index (χ0) is 13.5. The lowest BCUT2D eigenvalue weighted by Gasteiger charge is -2.21. The van der Waals surface area contributed by atoms with Gasteiger partial charge in [-0.15, -0.1) is 0 Å². The summed E-state index contributed by atoms with van der Waals surface area (Å²) in [4.78, 5) is 14.1. The van der Waals surface area contributed by atoms with Gasteiger partial charge < -0.3 is 10.0 Å². The van der Waals surface area contributed by atoms with Crippen LogP contribution in [0.1, 0.15) is 30.1 Å². The Balaban J connectivity index is 2.83. The van der Waals surface area contributed by atoms with E-state index in [0.717, 1.165) is 24.7 Å². The molecule has 3 nitrogen and oxygen atoms in total. The number of aromatic hydroxyl groups is 1. The number of amides is 1. The lowest BCUT2D eigenvalue weighted by atomic mass is 10.2. The number of benzene rings is 1. The predicted octanol–water partition coefficient (Wildman–Crippen LogP) is 3.79. The normalized spacial score (nSPS) is 10.4. The van der Waals surface area contributed by atoms with Crippen molar-refractivity contribution in [2.75, 3.05) is 18.4 Å². The van der Waals surface area contributed by atoms with Gasteiger partial charge in [-0.25, -0.2) is 0 Å². The lowest BCUT2D eigenvalue weighted by molar-refractivity contribution is 0.0764. The molecule has 1 amide bonds. The minimum atomic E-state index is -0.0364. The largest absolute Gasteiger partial charge is 0.507 e. The minimum Gasteiger partial charge on any atom is -0.507 e. The number of unbranched alkanes of at least 4 members (excludes halogenated alkanes) is 1. The molecule has 1 aromatic carbocycles. The molecule has 0 aliphatic carbocycles. The van der Waals surface area contributed by atoms with Gasteiger partial charge in [0.1, 0.15) is 5.75 Å². The Morgan fingerprint density at radius 3 is 2.67 bits per heavy atom. The van der Waals surface area contributed by atoms with Crippen LogP contribution in [0.5, 0.6) is 5.75 Å². The van der Waals surface area contributed by atoms with Gasteiger partial charge in [-0.05, 0) is 40.5 Å². The first-order valence-electron chi connectivity index (χ1n) is 5.94. The second kappa shape index (κ2) is 7.79. The van der Waals surface area contributed by atoms with E-state index in [0.29, 0.717) is 16.6 Å². The number of nitrogens with zero attached hydrogens (tertiary/aromatic N) is 1. The highest BCUT2D eigenvalue weighted by molar-refractivity contribution is 9.10. The van der Waals surface area contributed by atoms with Crippen LogP contribution in [-0.4, -0.2) is 34.3 Å². The van der Waals surface area contributed by atoms with Crippen molar-refractivity contribution in [2.45, 2.75) is 19.8 Å². The molecule has 1 aromatic rings. The number of halogens is 2. The first-order chi connectivity index (χ1) is 8.60. The van der Waals surface area contributed by atoms with E-state index in [9.17, 15) is 9.90 Å². The number of hydrogen-bond donors (Lipinski definition) is 1. The molecule has 0 saturated heterocycles. The van der Waals surface area contributed by atoms with Gasteiger partial charge in [0, 0.05) is 24.0 Å². The molecule has 0 unspecified atom stereocenters. The molecular weight excluding hydrogens is 362 g/mol. The fourth-order valence-corrected chi connectivity index (χ4v) is 2.27. The van der Waals surface area contributed by atoms with Crippen LogP contribution in [0.4, 0.5) is 0 Å². The number of phenolic OH excluding ortho intramolecular Hbond substituents is 1. The molecule has 0 aliphatic rings. The number of alkyl halides is 1. The highest BCUT2D eigenvalue weighted by Gasteiger charge is 2.15. The van der Waals surface area contributed by atoms with Crippen LogP contribution in [0.25, 0.3) is 0 Å². The van der Waals surface area contributed by atoms with Crippen molar-refractivity contribution in [1.82, 2.24) is 4.90 Å². The van der Waals surface area contributed by atoms with E-state index in [4.69, 9.17) is 0 Å². The van der Waals surface area contributed by atoms with Gasteiger partial charge in [-0.3, -0.25) is 4.79 Å². The summed E-state index contributed by atoms with van der Waals surface area (Å²) in [5.41, 5.74) is 0.521. The number of hydrogen-bond acceptors (Lipinski definition) is 2. The maximum Gasteiger partial charge on any atom is 0.254 e. The fourth-order valence-electron chi connectivity index (χ4n) is 1.59. The van der Waals surface area contributed by atoms with E-state index in [1.54, 1.807) is 17.0 Å². The number of carbonyl (C=O) groups excluding carboxylic acids is 1. The molecule has 0 aliphatic heterocycles. The standard InChI is InChI=1S/C13H17Br2NO2/c1-2-3-7-16(8-6-14)13(18)10-4-5-11(15)12(17)9-10/h4-5,9,17H,2-3,6-8H2,1H3. The molecule has 100 valence electrons. The lowest BCUT2D eigenvalue weighted by Crippen LogP contribution is -2.33. The summed E-state index contributed by atoms with van der Waals surface area (Å²) >= 11 is 6.56. The van der Waals surface area contributed by atoms with E-state index in [1.807, 2.05) is 0 Å². The molecule has 0 radical (unpaired) electrons. The topological polar surface area (TPSA) is 40.5 Å². The Morgan fingerprint density at radius 2 is 2.11 bits per heavy atom. The summed E-state index contributed by atoms with van der Waals surface area (Å²) in [6, 6.07) is 4.91. The van der Waals surface area contributed by atoms with Crippen LogP contribution in [0.2, 0.25) is 0 Å². The number of rotatable bonds is 6. The molecular formula is C13H17Br2NO2. The molecule has 0 saturated carbocycles. The van der Waals surface area contributed by atoms with Crippen molar-refractivity contribution in [1.29, 1.82) is 0 Å². The quantitative estimate of drug-likeness (QED) is 0.765. The van der Waals surface area contributed by atoms with Crippen molar-refractivity contribution >= 4 is 37.8 Å². The summed E-state index contributed by atoms with van der Waals surface area (Å²) in [7, 11) is 0. The average molecular weight is 379 g/mol. The third kappa shape index (κ3) is 4.28. The molecule has 18 heavy (non-hydrogen) atoms. The second-order valence-corrected chi connectivity index (χ2v) is 5.65. The first kappa shape index (κ1) is 15.5. The summed E-state index contributed by atoms with van der Waals surface area (Å²) in [5, 5.41) is 10.4. The highest BCUT2D eigenvalue weighted by Crippen LogP contribution is 2.25. The van der Waals surface area contributed by atoms with Crippen LogP contribution in [0, 0.1) is 0 Å². The Hall–Kier alpha value is -0.550. The van der Waals surface area contributed by atoms with Crippen LogP contribution in [-0.2, 0) is 0 Å². The maximum atomic E-state index is 12.3. The van der Waals surface area contributed by atoms with Crippen molar-refractivity contribution in [3.05, 3.63) is 28.2 Å². The third-order valence-corrected chi connectivity index (χ3v) is 3.64. The van der Waals surface area contributed by atoms with Gasteiger partial charge in [0.15, 0.2) is 0 Å². The SMILES string of the molecule is CCCCN(CCBr)C(=O)c1ccc(Br)c(O)c1. The zero-order valence-corrected chi connectivity index (χ0v) is 13.5. The Kier molecular flexibility index (Phi) is 6.71. The summed E-state index contributed by atoms with van der Waals surface area (Å²) in [5.74, 6) is 0.0563. The monoisotopic (exact) mass is 377 g/mol. The average Bonchev–Trinajstić information content (AvgIpc) is 2.37. The van der Waals surface area contributed by atoms with Gasteiger partial charge in [0.2, 0.25) is 0 Å². The van der Waals surface area contributed by atoms with Crippen molar-refractivity contribution < 1.29 is 9.90 Å². The van der Waals surface area contributed by atoms with Crippen LogP contribution < -0.4 is 0 Å². The first-order valence-corrected chi connectivity index (χ1v) is 7.85. The van der Waals surface area contributed by atoms with Crippen LogP contribution in [0.15, 0.2) is 22.7 Å². The molecule has 0 aromatic heterocycles. The fraction of sp³-hybridized carbons (Fsp3) is 0.462. The number of carbonyl (C=O) groups is 1. The van der Waals surface area contributed by atoms with Gasteiger partial charge >= 0.3 is 0 Å². The van der Waals surface area contributed by atoms with Crippen molar-refractivity contribution in [2.24, 2.45) is 0 Å². The molecule has 1 rings (SSSR count). The smallest absolute Gasteiger partial charge is 0.254 e. The molecule has 0 fully saturated rings. The van der Waals surface area contributed by atoms with E-state index in [-0.39, 0.29) is 11.7 Å². The molecule has 0 atom stereocenters. The van der Waals surface area contributed by atoms with Crippen LogP contribution >= 0.6 is 31.9 Å². The van der Waals surface area contributed by atoms with Crippen molar-refractivity contribution in [3.8, 4) is 5.75 Å². The van der Waals surface area contributed by atoms with Crippen LogP contribution in [0.3, 0.4) is 0 Å². The molecule has 0 spiro atoms. The highest BCUT2D eigenvalue weighted by atomic mass is 79.9. The molecule has 5 heteroatoms. The second-order valence-electron chi connectivity index (χ2n) is 4.00. The molecule has 0 bridgehead atoms. The van der Waals surface area contributed by atoms with Gasteiger partial charge in [0.05, 0.1) is 4.47 Å².